The van der Waals surface area contributed by atoms with Gasteiger partial charge < -0.3 is 10.1 Å². The van der Waals surface area contributed by atoms with E-state index in [2.05, 4.69) is 5.32 Å². The van der Waals surface area contributed by atoms with Crippen LogP contribution in [0, 0.1) is 5.82 Å². The molecule has 6 nitrogen and oxygen atoms in total. The zero-order valence-electron chi connectivity index (χ0n) is 14.2. The van der Waals surface area contributed by atoms with Crippen molar-refractivity contribution in [1.29, 1.82) is 0 Å². The van der Waals surface area contributed by atoms with Crippen LogP contribution >= 0.6 is 34.8 Å². The first-order valence-corrected chi connectivity index (χ1v) is 10.6. The second-order valence-corrected chi connectivity index (χ2v) is 9.01. The first kappa shape index (κ1) is 21.3. The maximum Gasteiger partial charge on any atom is 0.257 e. The summed E-state index contributed by atoms with van der Waals surface area (Å²) in [6, 6.07) is 5.89. The van der Waals surface area contributed by atoms with E-state index in [1.54, 1.807) is 0 Å². The highest BCUT2D eigenvalue weighted by Gasteiger charge is 2.30. The average molecular weight is 468 g/mol. The topological polar surface area (TPSA) is 75.7 Å². The lowest BCUT2D eigenvalue weighted by Gasteiger charge is -2.26. The molecule has 0 unspecified atom stereocenters. The van der Waals surface area contributed by atoms with Crippen LogP contribution < -0.4 is 5.32 Å². The molecule has 0 spiro atoms. The minimum absolute atomic E-state index is 0.0779. The molecule has 0 aliphatic carbocycles. The smallest absolute Gasteiger partial charge is 0.257 e. The molecule has 0 radical (unpaired) electrons. The summed E-state index contributed by atoms with van der Waals surface area (Å²) in [5, 5.41) is 2.35. The van der Waals surface area contributed by atoms with Crippen molar-refractivity contribution in [2.45, 2.75) is 4.90 Å². The Morgan fingerprint density at radius 2 is 1.75 bits per heavy atom. The number of sulfonamides is 1. The van der Waals surface area contributed by atoms with Gasteiger partial charge in [0.1, 0.15) is 10.7 Å². The lowest BCUT2D eigenvalue weighted by Crippen LogP contribution is -2.40. The molecule has 1 fully saturated rings. The lowest BCUT2D eigenvalue weighted by atomic mass is 10.2. The van der Waals surface area contributed by atoms with E-state index in [1.807, 2.05) is 0 Å². The maximum atomic E-state index is 13.9. The second-order valence-electron chi connectivity index (χ2n) is 5.86. The summed E-state index contributed by atoms with van der Waals surface area (Å²) in [6.45, 7) is 0.838. The third-order valence-corrected chi connectivity index (χ3v) is 6.94. The maximum absolute atomic E-state index is 13.9. The van der Waals surface area contributed by atoms with Gasteiger partial charge in [-0.2, -0.15) is 4.31 Å². The summed E-state index contributed by atoms with van der Waals surface area (Å²) in [4.78, 5) is 12.3. The van der Waals surface area contributed by atoms with Crippen LogP contribution in [-0.2, 0) is 14.8 Å². The molecule has 1 aliphatic rings. The number of ether oxygens (including phenoxy) is 1. The summed E-state index contributed by atoms with van der Waals surface area (Å²) in [5.74, 6) is -1.51. The van der Waals surface area contributed by atoms with Crippen molar-refractivity contribution in [3.63, 3.8) is 0 Å². The van der Waals surface area contributed by atoms with Crippen LogP contribution in [0.5, 0.6) is 0 Å². The molecule has 1 saturated heterocycles. The molecular formula is C17H14Cl3FN2O4S. The third kappa shape index (κ3) is 4.42. The van der Waals surface area contributed by atoms with Crippen LogP contribution in [0.2, 0.25) is 15.1 Å². The molecule has 1 aliphatic heterocycles. The Kier molecular flexibility index (Phi) is 6.48. The van der Waals surface area contributed by atoms with Gasteiger partial charge >= 0.3 is 0 Å². The van der Waals surface area contributed by atoms with Gasteiger partial charge in [0.15, 0.2) is 0 Å². The third-order valence-electron chi connectivity index (χ3n) is 4.03. The molecule has 0 atom stereocenters. The zero-order valence-corrected chi connectivity index (χ0v) is 17.3. The Labute approximate surface area is 176 Å². The zero-order chi connectivity index (χ0) is 20.5. The highest BCUT2D eigenvalue weighted by molar-refractivity contribution is 7.89. The number of benzene rings is 2. The Balaban J connectivity index is 1.97. The first-order chi connectivity index (χ1) is 13.2. The Morgan fingerprint density at radius 1 is 1.07 bits per heavy atom. The van der Waals surface area contributed by atoms with Crippen molar-refractivity contribution in [2.24, 2.45) is 0 Å². The summed E-state index contributed by atoms with van der Waals surface area (Å²) in [5.41, 5.74) is -0.335. The molecule has 2 aromatic rings. The van der Waals surface area contributed by atoms with Gasteiger partial charge in [0.25, 0.3) is 5.91 Å². The SMILES string of the molecule is O=C(Nc1cc(Cl)ccc1F)c1cc(S(=O)(=O)N2CCOCC2)c(Cl)cc1Cl. The van der Waals surface area contributed by atoms with Crippen LogP contribution in [0.25, 0.3) is 0 Å². The first-order valence-electron chi connectivity index (χ1n) is 8.03. The Hall–Kier alpha value is -1.42. The van der Waals surface area contributed by atoms with E-state index >= 15 is 0 Å². The van der Waals surface area contributed by atoms with Gasteiger partial charge in [-0.15, -0.1) is 0 Å². The molecule has 2 aromatic carbocycles. The fourth-order valence-electron chi connectivity index (χ4n) is 2.61. The highest BCUT2D eigenvalue weighted by Crippen LogP contribution is 2.32. The summed E-state index contributed by atoms with van der Waals surface area (Å²) >= 11 is 18.0. The number of halogens is 4. The van der Waals surface area contributed by atoms with Crippen molar-refractivity contribution in [3.05, 3.63) is 56.8 Å². The van der Waals surface area contributed by atoms with Gasteiger partial charge in [-0.05, 0) is 30.3 Å². The van der Waals surface area contributed by atoms with Gasteiger partial charge in [-0.3, -0.25) is 4.79 Å². The predicted octanol–water partition coefficient (Wildman–Crippen LogP) is 4.06. The fraction of sp³-hybridized carbons (Fsp3) is 0.235. The fourth-order valence-corrected chi connectivity index (χ4v) is 5.02. The largest absolute Gasteiger partial charge is 0.379 e. The van der Waals surface area contributed by atoms with E-state index in [1.165, 1.54) is 22.5 Å². The normalized spacial score (nSPS) is 15.4. The highest BCUT2D eigenvalue weighted by atomic mass is 35.5. The van der Waals surface area contributed by atoms with Crippen molar-refractivity contribution < 1.29 is 22.3 Å². The predicted molar refractivity (Wildman–Crippen MR) is 105 cm³/mol. The van der Waals surface area contributed by atoms with Crippen LogP contribution in [0.4, 0.5) is 10.1 Å². The van der Waals surface area contributed by atoms with Crippen molar-refractivity contribution in [1.82, 2.24) is 4.31 Å². The number of carbonyl (C=O) groups excluding carboxylic acids is 1. The van der Waals surface area contributed by atoms with Gasteiger partial charge in [-0.1, -0.05) is 34.8 Å². The quantitative estimate of drug-likeness (QED) is 0.736. The molecule has 28 heavy (non-hydrogen) atoms. The van der Waals surface area contributed by atoms with Crippen molar-refractivity contribution in [3.8, 4) is 0 Å². The number of nitrogens with zero attached hydrogens (tertiary/aromatic N) is 1. The van der Waals surface area contributed by atoms with Gasteiger partial charge in [0.2, 0.25) is 10.0 Å². The molecule has 1 amide bonds. The number of nitrogens with one attached hydrogen (secondary N) is 1. The number of rotatable bonds is 4. The summed E-state index contributed by atoms with van der Waals surface area (Å²) in [6.07, 6.45) is 0. The number of carbonyl (C=O) groups is 1. The van der Waals surface area contributed by atoms with Crippen LogP contribution in [-0.4, -0.2) is 44.9 Å². The Morgan fingerprint density at radius 3 is 2.43 bits per heavy atom. The monoisotopic (exact) mass is 466 g/mol. The average Bonchev–Trinajstić information content (AvgIpc) is 2.65. The lowest BCUT2D eigenvalue weighted by molar-refractivity contribution is 0.0730. The van der Waals surface area contributed by atoms with Gasteiger partial charge in [-0.25, -0.2) is 12.8 Å². The van der Waals surface area contributed by atoms with E-state index < -0.39 is 21.7 Å². The van der Waals surface area contributed by atoms with Crippen molar-refractivity contribution >= 4 is 56.4 Å². The summed E-state index contributed by atoms with van der Waals surface area (Å²) in [7, 11) is -3.97. The molecule has 150 valence electrons. The van der Waals surface area contributed by atoms with E-state index in [4.69, 9.17) is 39.5 Å². The molecule has 0 saturated carbocycles. The standard InChI is InChI=1S/C17H14Cl3FN2O4S/c18-10-1-2-14(21)15(7-10)22-17(24)11-8-16(13(20)9-12(11)19)28(25,26)23-3-5-27-6-4-23/h1-2,7-9H,3-6H2,(H,22,24). The molecule has 11 heteroatoms. The number of hydrogen-bond acceptors (Lipinski definition) is 4. The molecule has 0 aromatic heterocycles. The van der Waals surface area contributed by atoms with E-state index in [0.717, 1.165) is 12.1 Å². The number of amides is 1. The van der Waals surface area contributed by atoms with Crippen LogP contribution in [0.1, 0.15) is 10.4 Å². The minimum atomic E-state index is -3.97. The van der Waals surface area contributed by atoms with E-state index in [0.29, 0.717) is 0 Å². The van der Waals surface area contributed by atoms with Crippen molar-refractivity contribution in [2.75, 3.05) is 31.6 Å². The minimum Gasteiger partial charge on any atom is -0.379 e. The number of morpholine rings is 1. The molecule has 1 N–H and O–H groups in total. The summed E-state index contributed by atoms with van der Waals surface area (Å²) < 4.78 is 46.0. The van der Waals surface area contributed by atoms with E-state index in [-0.39, 0.29) is 57.5 Å². The molecular weight excluding hydrogens is 454 g/mol. The number of hydrogen-bond donors (Lipinski definition) is 1. The second kappa shape index (κ2) is 8.52. The van der Waals surface area contributed by atoms with Gasteiger partial charge in [0, 0.05) is 18.1 Å². The van der Waals surface area contributed by atoms with Gasteiger partial charge in [0.05, 0.1) is 34.5 Å². The van der Waals surface area contributed by atoms with Crippen LogP contribution in [0.3, 0.4) is 0 Å². The number of anilines is 1. The molecule has 3 rings (SSSR count). The van der Waals surface area contributed by atoms with E-state index in [9.17, 15) is 17.6 Å². The molecule has 1 heterocycles. The van der Waals surface area contributed by atoms with Crippen LogP contribution in [0.15, 0.2) is 35.2 Å². The molecule has 0 bridgehead atoms. The Bertz CT molecular complexity index is 1030.